The normalized spacial score (nSPS) is 10.7. The fraction of sp³-hybridized carbons (Fsp3) is 0.0526. The zero-order chi connectivity index (χ0) is 18.8. The van der Waals surface area contributed by atoms with Gasteiger partial charge >= 0.3 is 0 Å². The molecular formula is C19H14N6O2. The van der Waals surface area contributed by atoms with Crippen molar-refractivity contribution in [2.24, 2.45) is 7.05 Å². The zero-order valence-corrected chi connectivity index (χ0v) is 14.3. The fourth-order valence-corrected chi connectivity index (χ4v) is 2.75. The molecule has 8 heteroatoms. The summed E-state index contributed by atoms with van der Waals surface area (Å²) in [5.41, 5.74) is 1.48. The highest BCUT2D eigenvalue weighted by Crippen LogP contribution is 2.23. The largest absolute Gasteiger partial charge is 0.319 e. The summed E-state index contributed by atoms with van der Waals surface area (Å²) >= 11 is 0. The lowest BCUT2D eigenvalue weighted by molar-refractivity contribution is 0.102. The summed E-state index contributed by atoms with van der Waals surface area (Å²) in [6.45, 7) is 0. The van der Waals surface area contributed by atoms with Crippen molar-refractivity contribution in [1.82, 2.24) is 24.5 Å². The van der Waals surface area contributed by atoms with Gasteiger partial charge in [0.05, 0.1) is 17.3 Å². The number of carbonyl (C=O) groups excluding carboxylic acids is 1. The Morgan fingerprint density at radius 2 is 1.89 bits per heavy atom. The smallest absolute Gasteiger partial charge is 0.275 e. The molecule has 0 bridgehead atoms. The number of anilines is 1. The lowest BCUT2D eigenvalue weighted by Gasteiger charge is -2.12. The monoisotopic (exact) mass is 358 g/mol. The first kappa shape index (κ1) is 16.5. The third kappa shape index (κ3) is 3.04. The molecule has 1 amide bonds. The molecule has 0 saturated heterocycles. The van der Waals surface area contributed by atoms with Crippen LogP contribution in [-0.2, 0) is 7.05 Å². The lowest BCUT2D eigenvalue weighted by Crippen LogP contribution is -2.21. The van der Waals surface area contributed by atoms with Gasteiger partial charge in [-0.25, -0.2) is 9.97 Å². The Morgan fingerprint density at radius 1 is 1.04 bits per heavy atom. The average Bonchev–Trinajstić information content (AvgIpc) is 2.72. The van der Waals surface area contributed by atoms with Gasteiger partial charge in [0.2, 0.25) is 0 Å². The van der Waals surface area contributed by atoms with Gasteiger partial charge < -0.3 is 5.32 Å². The Bertz CT molecular complexity index is 1190. The molecule has 4 aromatic rings. The molecule has 132 valence electrons. The summed E-state index contributed by atoms with van der Waals surface area (Å²) in [6, 6.07) is 8.65. The maximum Gasteiger partial charge on any atom is 0.275 e. The van der Waals surface area contributed by atoms with Gasteiger partial charge in [-0.1, -0.05) is 6.07 Å². The fourth-order valence-electron chi connectivity index (χ4n) is 2.75. The van der Waals surface area contributed by atoms with Gasteiger partial charge in [-0.05, 0) is 24.3 Å². The number of carbonyl (C=O) groups is 1. The van der Waals surface area contributed by atoms with Crippen molar-refractivity contribution in [1.29, 1.82) is 0 Å². The topological polar surface area (TPSA) is 103 Å². The molecular weight excluding hydrogens is 344 g/mol. The first-order valence-corrected chi connectivity index (χ1v) is 8.12. The third-order valence-electron chi connectivity index (χ3n) is 4.07. The summed E-state index contributed by atoms with van der Waals surface area (Å²) in [7, 11) is 1.65. The van der Waals surface area contributed by atoms with Crippen molar-refractivity contribution in [3.05, 3.63) is 77.4 Å². The summed E-state index contributed by atoms with van der Waals surface area (Å²) in [6.07, 6.45) is 7.57. The molecule has 8 nitrogen and oxygen atoms in total. The van der Waals surface area contributed by atoms with E-state index >= 15 is 0 Å². The third-order valence-corrected chi connectivity index (χ3v) is 4.07. The van der Waals surface area contributed by atoms with E-state index in [2.05, 4.69) is 25.3 Å². The van der Waals surface area contributed by atoms with Gasteiger partial charge in [0, 0.05) is 37.4 Å². The maximum atomic E-state index is 12.8. The van der Waals surface area contributed by atoms with Gasteiger partial charge in [-0.2, -0.15) is 0 Å². The van der Waals surface area contributed by atoms with Gasteiger partial charge in [-0.15, -0.1) is 0 Å². The molecule has 0 saturated carbocycles. The van der Waals surface area contributed by atoms with Crippen LogP contribution in [0.4, 0.5) is 5.69 Å². The number of amides is 1. The molecule has 0 unspecified atom stereocenters. The number of hydrogen-bond donors (Lipinski definition) is 1. The Labute approximate surface area is 153 Å². The molecule has 0 fully saturated rings. The van der Waals surface area contributed by atoms with Crippen LogP contribution in [0.25, 0.3) is 22.3 Å². The quantitative estimate of drug-likeness (QED) is 0.601. The Balaban J connectivity index is 1.86. The van der Waals surface area contributed by atoms with Crippen LogP contribution >= 0.6 is 0 Å². The Hall–Kier alpha value is -3.94. The van der Waals surface area contributed by atoms with E-state index in [1.54, 1.807) is 43.7 Å². The summed E-state index contributed by atoms with van der Waals surface area (Å²) in [5.74, 6) is 0.0304. The molecule has 0 atom stereocenters. The molecule has 27 heavy (non-hydrogen) atoms. The molecule has 4 rings (SSSR count). The maximum absolute atomic E-state index is 12.8. The van der Waals surface area contributed by atoms with Crippen molar-refractivity contribution in [2.45, 2.75) is 0 Å². The first-order chi connectivity index (χ1) is 13.1. The molecule has 3 heterocycles. The lowest BCUT2D eigenvalue weighted by atomic mass is 10.2. The van der Waals surface area contributed by atoms with Crippen molar-refractivity contribution < 1.29 is 4.79 Å². The van der Waals surface area contributed by atoms with Crippen molar-refractivity contribution in [2.75, 3.05) is 5.32 Å². The Kier molecular flexibility index (Phi) is 4.13. The van der Waals surface area contributed by atoms with E-state index in [-0.39, 0.29) is 11.3 Å². The van der Waals surface area contributed by atoms with Crippen LogP contribution in [0.5, 0.6) is 0 Å². The summed E-state index contributed by atoms with van der Waals surface area (Å²) in [5, 5.41) is 3.16. The van der Waals surface area contributed by atoms with Crippen molar-refractivity contribution >= 4 is 22.5 Å². The molecule has 1 aromatic carbocycles. The van der Waals surface area contributed by atoms with Crippen LogP contribution < -0.4 is 10.9 Å². The molecule has 3 aromatic heterocycles. The van der Waals surface area contributed by atoms with Crippen LogP contribution in [0.3, 0.4) is 0 Å². The Morgan fingerprint density at radius 3 is 2.63 bits per heavy atom. The highest BCUT2D eigenvalue weighted by molar-refractivity contribution is 6.07. The van der Waals surface area contributed by atoms with E-state index in [1.165, 1.54) is 23.2 Å². The van der Waals surface area contributed by atoms with E-state index in [9.17, 15) is 9.59 Å². The SMILES string of the molecule is Cn1c(-c2cccnc2)nc2c(NC(=O)c3cnccn3)cccc2c1=O. The number of hydrogen-bond acceptors (Lipinski definition) is 6. The number of nitrogens with one attached hydrogen (secondary N) is 1. The van der Waals surface area contributed by atoms with Crippen LogP contribution in [0, 0.1) is 0 Å². The molecule has 0 aliphatic rings. The summed E-state index contributed by atoms with van der Waals surface area (Å²) in [4.78, 5) is 41.8. The van der Waals surface area contributed by atoms with E-state index < -0.39 is 5.91 Å². The summed E-state index contributed by atoms with van der Waals surface area (Å²) < 4.78 is 1.47. The minimum atomic E-state index is -0.430. The van der Waals surface area contributed by atoms with E-state index in [0.29, 0.717) is 28.0 Å². The number of pyridine rings is 1. The molecule has 0 radical (unpaired) electrons. The highest BCUT2D eigenvalue weighted by atomic mass is 16.2. The predicted octanol–water partition coefficient (Wildman–Crippen LogP) is 2.04. The van der Waals surface area contributed by atoms with Gasteiger partial charge in [0.15, 0.2) is 0 Å². The van der Waals surface area contributed by atoms with E-state index in [1.807, 2.05) is 6.07 Å². The van der Waals surface area contributed by atoms with Gasteiger partial charge in [-0.3, -0.25) is 24.1 Å². The molecule has 0 spiro atoms. The second kappa shape index (κ2) is 6.75. The van der Waals surface area contributed by atoms with Crippen molar-refractivity contribution in [3.63, 3.8) is 0 Å². The number of rotatable bonds is 3. The first-order valence-electron chi connectivity index (χ1n) is 8.12. The molecule has 1 N–H and O–H groups in total. The number of fused-ring (bicyclic) bond motifs is 1. The number of nitrogens with zero attached hydrogens (tertiary/aromatic N) is 5. The van der Waals surface area contributed by atoms with E-state index in [4.69, 9.17) is 0 Å². The molecule has 0 aliphatic carbocycles. The second-order valence-electron chi connectivity index (χ2n) is 5.79. The van der Waals surface area contributed by atoms with Crippen LogP contribution in [-0.4, -0.2) is 30.4 Å². The predicted molar refractivity (Wildman–Crippen MR) is 100 cm³/mol. The van der Waals surface area contributed by atoms with Crippen molar-refractivity contribution in [3.8, 4) is 11.4 Å². The second-order valence-corrected chi connectivity index (χ2v) is 5.79. The number of benzene rings is 1. The minimum absolute atomic E-state index is 0.172. The minimum Gasteiger partial charge on any atom is -0.319 e. The number of aromatic nitrogens is 5. The van der Waals surface area contributed by atoms with E-state index in [0.717, 1.165) is 0 Å². The van der Waals surface area contributed by atoms with Crippen LogP contribution in [0.15, 0.2) is 66.1 Å². The van der Waals surface area contributed by atoms with Crippen LogP contribution in [0.2, 0.25) is 0 Å². The molecule has 0 aliphatic heterocycles. The number of para-hydroxylation sites is 1. The average molecular weight is 358 g/mol. The van der Waals surface area contributed by atoms with Gasteiger partial charge in [0.25, 0.3) is 11.5 Å². The van der Waals surface area contributed by atoms with Crippen LogP contribution in [0.1, 0.15) is 10.5 Å². The van der Waals surface area contributed by atoms with Gasteiger partial charge in [0.1, 0.15) is 17.0 Å². The highest BCUT2D eigenvalue weighted by Gasteiger charge is 2.15. The zero-order valence-electron chi connectivity index (χ0n) is 14.3. The standard InChI is InChI=1S/C19H14N6O2/c1-25-17(12-4-3-7-20-10-12)24-16-13(19(25)27)5-2-6-14(16)23-18(26)15-11-21-8-9-22-15/h2-11H,1H3,(H,23,26).